The van der Waals surface area contributed by atoms with Crippen molar-refractivity contribution in [1.29, 1.82) is 0 Å². The van der Waals surface area contributed by atoms with Gasteiger partial charge in [0.05, 0.1) is 5.41 Å². The predicted molar refractivity (Wildman–Crippen MR) is 75.1 cm³/mol. The van der Waals surface area contributed by atoms with Crippen LogP contribution in [-0.2, 0) is 14.8 Å². The first kappa shape index (κ1) is 14.7. The molecule has 0 aliphatic heterocycles. The molecule has 0 spiro atoms. The summed E-state index contributed by atoms with van der Waals surface area (Å²) < 4.78 is 26.4. The lowest BCUT2D eigenvalue weighted by Gasteiger charge is -2.20. The number of nitrogens with zero attached hydrogens (tertiary/aromatic N) is 1. The van der Waals surface area contributed by atoms with Gasteiger partial charge >= 0.3 is 0 Å². The minimum absolute atomic E-state index is 0.0111. The standard InChI is InChI=1S/C14H18N2O3S/c1-4-11-8-14(11,10(2)3)13(17)16-20(18,19)12-6-5-7-15-9-12/h4-7,9-11H,1,8H2,2-3H3,(H,16,17)/t11-,14-/m1/s1. The Bertz CT molecular complexity index is 625. The number of carbonyl (C=O) groups excluding carboxylic acids is 1. The third-order valence-electron chi connectivity index (χ3n) is 3.97. The van der Waals surface area contributed by atoms with Crippen LogP contribution in [0.3, 0.4) is 0 Å². The number of carbonyl (C=O) groups is 1. The summed E-state index contributed by atoms with van der Waals surface area (Å²) in [6, 6.07) is 2.92. The maximum absolute atomic E-state index is 12.4. The van der Waals surface area contributed by atoms with Gasteiger partial charge in [-0.25, -0.2) is 13.1 Å². The molecule has 1 amide bonds. The molecule has 0 radical (unpaired) electrons. The minimum atomic E-state index is -3.86. The minimum Gasteiger partial charge on any atom is -0.273 e. The Morgan fingerprint density at radius 1 is 1.60 bits per heavy atom. The summed E-state index contributed by atoms with van der Waals surface area (Å²) in [5, 5.41) is 0. The van der Waals surface area contributed by atoms with Gasteiger partial charge < -0.3 is 0 Å². The maximum atomic E-state index is 12.4. The normalized spacial score (nSPS) is 25.2. The van der Waals surface area contributed by atoms with Gasteiger partial charge in [-0.1, -0.05) is 19.9 Å². The van der Waals surface area contributed by atoms with E-state index in [1.165, 1.54) is 24.5 Å². The van der Waals surface area contributed by atoms with Crippen LogP contribution in [0.15, 0.2) is 42.1 Å². The van der Waals surface area contributed by atoms with E-state index < -0.39 is 21.3 Å². The van der Waals surface area contributed by atoms with E-state index >= 15 is 0 Å². The molecule has 1 fully saturated rings. The van der Waals surface area contributed by atoms with Crippen molar-refractivity contribution in [1.82, 2.24) is 9.71 Å². The van der Waals surface area contributed by atoms with E-state index in [2.05, 4.69) is 16.3 Å². The van der Waals surface area contributed by atoms with Crippen molar-refractivity contribution in [2.45, 2.75) is 25.2 Å². The van der Waals surface area contributed by atoms with Gasteiger partial charge in [0.15, 0.2) is 0 Å². The molecule has 2 atom stereocenters. The molecule has 20 heavy (non-hydrogen) atoms. The summed E-state index contributed by atoms with van der Waals surface area (Å²) in [6.45, 7) is 7.53. The molecule has 0 aromatic carbocycles. The first-order chi connectivity index (χ1) is 9.34. The van der Waals surface area contributed by atoms with E-state index in [4.69, 9.17) is 0 Å². The third-order valence-corrected chi connectivity index (χ3v) is 5.28. The van der Waals surface area contributed by atoms with E-state index in [-0.39, 0.29) is 16.7 Å². The van der Waals surface area contributed by atoms with Crippen molar-refractivity contribution in [2.75, 3.05) is 0 Å². The molecule has 0 unspecified atom stereocenters. The quantitative estimate of drug-likeness (QED) is 0.839. The summed E-state index contributed by atoms with van der Waals surface area (Å²) in [5.41, 5.74) is -0.656. The summed E-state index contributed by atoms with van der Waals surface area (Å²) >= 11 is 0. The maximum Gasteiger partial charge on any atom is 0.265 e. The molecule has 5 nitrogen and oxygen atoms in total. The zero-order valence-electron chi connectivity index (χ0n) is 11.5. The summed E-state index contributed by atoms with van der Waals surface area (Å²) in [7, 11) is -3.86. The fourth-order valence-electron chi connectivity index (χ4n) is 2.57. The van der Waals surface area contributed by atoms with Crippen LogP contribution in [0.1, 0.15) is 20.3 Å². The van der Waals surface area contributed by atoms with Gasteiger partial charge in [-0.15, -0.1) is 6.58 Å². The van der Waals surface area contributed by atoms with E-state index in [1.54, 1.807) is 6.08 Å². The third kappa shape index (κ3) is 2.35. The van der Waals surface area contributed by atoms with Gasteiger partial charge in [-0.2, -0.15) is 0 Å². The van der Waals surface area contributed by atoms with Crippen LogP contribution in [0.25, 0.3) is 0 Å². The first-order valence-electron chi connectivity index (χ1n) is 6.44. The molecule has 2 rings (SSSR count). The van der Waals surface area contributed by atoms with Gasteiger partial charge in [0.2, 0.25) is 5.91 Å². The van der Waals surface area contributed by atoms with Crippen LogP contribution in [0, 0.1) is 17.3 Å². The zero-order valence-corrected chi connectivity index (χ0v) is 12.4. The van der Waals surface area contributed by atoms with Crippen molar-refractivity contribution in [3.05, 3.63) is 37.2 Å². The Hall–Kier alpha value is -1.69. The van der Waals surface area contributed by atoms with Crippen molar-refractivity contribution in [3.8, 4) is 0 Å². The number of hydrogen-bond acceptors (Lipinski definition) is 4. The van der Waals surface area contributed by atoms with Crippen LogP contribution in [0.5, 0.6) is 0 Å². The van der Waals surface area contributed by atoms with Gasteiger partial charge in [0.25, 0.3) is 10.0 Å². The Morgan fingerprint density at radius 2 is 2.30 bits per heavy atom. The fraction of sp³-hybridized carbons (Fsp3) is 0.429. The average molecular weight is 294 g/mol. The van der Waals surface area contributed by atoms with Crippen LogP contribution < -0.4 is 4.72 Å². The molecule has 1 aromatic rings. The van der Waals surface area contributed by atoms with Crippen molar-refractivity contribution in [3.63, 3.8) is 0 Å². The number of aromatic nitrogens is 1. The van der Waals surface area contributed by atoms with E-state index in [1.807, 2.05) is 13.8 Å². The summed E-state index contributed by atoms with van der Waals surface area (Å²) in [6.07, 6.45) is 5.06. The second-order valence-corrected chi connectivity index (χ2v) is 7.05. The molecule has 1 aliphatic rings. The molecule has 1 saturated carbocycles. The molecule has 0 bridgehead atoms. The van der Waals surface area contributed by atoms with Crippen molar-refractivity contribution in [2.24, 2.45) is 17.3 Å². The summed E-state index contributed by atoms with van der Waals surface area (Å²) in [5.74, 6) is -0.373. The van der Waals surface area contributed by atoms with Crippen LogP contribution in [0.4, 0.5) is 0 Å². The lowest BCUT2D eigenvalue weighted by Crippen LogP contribution is -2.40. The van der Waals surface area contributed by atoms with Gasteiger partial charge in [-0.3, -0.25) is 9.78 Å². The Kier molecular flexibility index (Phi) is 3.69. The Balaban J connectivity index is 2.22. The lowest BCUT2D eigenvalue weighted by molar-refractivity contribution is -0.126. The molecular formula is C14H18N2O3S. The summed E-state index contributed by atoms with van der Waals surface area (Å²) in [4.78, 5) is 16.1. The molecule has 1 aliphatic carbocycles. The molecule has 1 aromatic heterocycles. The highest BCUT2D eigenvalue weighted by Gasteiger charge is 2.60. The van der Waals surface area contributed by atoms with Gasteiger partial charge in [0.1, 0.15) is 4.90 Å². The lowest BCUT2D eigenvalue weighted by atomic mass is 9.89. The van der Waals surface area contributed by atoms with Gasteiger partial charge in [0, 0.05) is 12.4 Å². The zero-order chi connectivity index (χ0) is 15.0. The fourth-order valence-corrected chi connectivity index (χ4v) is 3.58. The number of allylic oxidation sites excluding steroid dienone is 1. The topological polar surface area (TPSA) is 76.1 Å². The number of pyridine rings is 1. The monoisotopic (exact) mass is 294 g/mol. The number of rotatable bonds is 5. The SMILES string of the molecule is C=C[C@@H]1C[C@@]1(C(=O)NS(=O)(=O)c1cccnc1)C(C)C. The van der Waals surface area contributed by atoms with Gasteiger partial charge in [-0.05, 0) is 30.4 Å². The second-order valence-electron chi connectivity index (χ2n) is 5.36. The molecule has 108 valence electrons. The highest BCUT2D eigenvalue weighted by molar-refractivity contribution is 7.90. The van der Waals surface area contributed by atoms with Crippen LogP contribution in [0.2, 0.25) is 0 Å². The van der Waals surface area contributed by atoms with Crippen LogP contribution >= 0.6 is 0 Å². The molecular weight excluding hydrogens is 276 g/mol. The van der Waals surface area contributed by atoms with E-state index in [0.717, 1.165) is 0 Å². The average Bonchev–Trinajstić information content (AvgIpc) is 3.15. The number of hydrogen-bond donors (Lipinski definition) is 1. The highest BCUT2D eigenvalue weighted by Crippen LogP contribution is 2.58. The van der Waals surface area contributed by atoms with Crippen molar-refractivity contribution < 1.29 is 13.2 Å². The predicted octanol–water partition coefficient (Wildman–Crippen LogP) is 1.73. The Morgan fingerprint density at radius 3 is 2.75 bits per heavy atom. The second kappa shape index (κ2) is 5.01. The number of amides is 1. The smallest absolute Gasteiger partial charge is 0.265 e. The van der Waals surface area contributed by atoms with E-state index in [9.17, 15) is 13.2 Å². The molecule has 6 heteroatoms. The van der Waals surface area contributed by atoms with Crippen LogP contribution in [-0.4, -0.2) is 19.3 Å². The number of sulfonamides is 1. The number of nitrogens with one attached hydrogen (secondary N) is 1. The van der Waals surface area contributed by atoms with E-state index in [0.29, 0.717) is 6.42 Å². The largest absolute Gasteiger partial charge is 0.273 e. The Labute approximate surface area is 119 Å². The van der Waals surface area contributed by atoms with Crippen molar-refractivity contribution >= 4 is 15.9 Å². The molecule has 1 N–H and O–H groups in total. The first-order valence-corrected chi connectivity index (χ1v) is 7.92. The molecule has 1 heterocycles. The highest BCUT2D eigenvalue weighted by atomic mass is 32.2. The molecule has 0 saturated heterocycles.